The van der Waals surface area contributed by atoms with Crippen molar-refractivity contribution in [1.82, 2.24) is 0 Å². The van der Waals surface area contributed by atoms with Gasteiger partial charge in [0.2, 0.25) is 0 Å². The molecular formula is C121H199O9P3. The Hall–Kier alpha value is -4.71. The van der Waals surface area contributed by atoms with E-state index in [-0.39, 0.29) is 28.1 Å². The first kappa shape index (κ1) is 117. The number of benzene rings is 6. The molecule has 0 amide bonds. The third kappa shape index (κ3) is 49.8. The average molecular weight is 1890 g/mol. The van der Waals surface area contributed by atoms with Gasteiger partial charge in [-0.1, -0.05) is 474 Å². The lowest BCUT2D eigenvalue weighted by atomic mass is 9.74. The smallest absolute Gasteiger partial charge is 0.418 e. The van der Waals surface area contributed by atoms with Gasteiger partial charge in [0.1, 0.15) is 34.5 Å². The second-order valence-corrected chi connectivity index (χ2v) is 46.1. The summed E-state index contributed by atoms with van der Waals surface area (Å²) in [6.07, 6.45) is 73.4. The average Bonchev–Trinajstić information content (AvgIpc) is 0.758. The van der Waals surface area contributed by atoms with E-state index in [4.69, 9.17) is 40.7 Å². The van der Waals surface area contributed by atoms with E-state index >= 15 is 0 Å². The molecule has 0 fully saturated rings. The Kier molecular flexibility index (Phi) is 61.6. The Morgan fingerprint density at radius 1 is 0.233 bits per heavy atom. The first-order valence-electron chi connectivity index (χ1n) is 55.5. The van der Waals surface area contributed by atoms with Crippen molar-refractivity contribution in [2.24, 2.45) is 0 Å². The van der Waals surface area contributed by atoms with Crippen molar-refractivity contribution in [2.45, 2.75) is 532 Å². The van der Waals surface area contributed by atoms with Crippen LogP contribution in [0.4, 0.5) is 0 Å². The second-order valence-electron chi connectivity index (χ2n) is 42.9. The molecule has 0 aromatic heterocycles. The summed E-state index contributed by atoms with van der Waals surface area (Å²) in [5, 5.41) is 0. The van der Waals surface area contributed by atoms with Crippen LogP contribution in [0.5, 0.6) is 34.5 Å². The van der Waals surface area contributed by atoms with Crippen LogP contribution in [0, 0.1) is 20.8 Å². The van der Waals surface area contributed by atoms with Crippen LogP contribution in [0.3, 0.4) is 0 Å². The predicted molar refractivity (Wildman–Crippen MR) is 581 cm³/mol. The molecule has 4 unspecified atom stereocenters. The van der Waals surface area contributed by atoms with Crippen LogP contribution < -0.4 is 27.1 Å². The van der Waals surface area contributed by atoms with Gasteiger partial charge in [0.15, 0.2) is 0 Å². The van der Waals surface area contributed by atoms with Crippen LogP contribution in [0.15, 0.2) is 109 Å². The van der Waals surface area contributed by atoms with Crippen molar-refractivity contribution in [3.8, 4) is 34.5 Å². The fourth-order valence-corrected chi connectivity index (χ4v) is 21.8. The van der Waals surface area contributed by atoms with E-state index in [0.717, 1.165) is 127 Å². The molecule has 0 saturated heterocycles. The van der Waals surface area contributed by atoms with E-state index < -0.39 is 25.8 Å². The molecule has 6 aromatic carbocycles. The van der Waals surface area contributed by atoms with Gasteiger partial charge in [0.25, 0.3) is 0 Å². The third-order valence-electron chi connectivity index (χ3n) is 27.3. The SMILES string of the molecule is CCCCCCCCCCCCCCOP(Oc1ccc(CCCCCCCC)cc1)Oc1cc(C)c(C(C)CC(c2cc(C(C)(C)C)c(OP(OCCCCCCCCCCCCCC)Oc3ccc(CCCCCCCC)cc3)cc2C)c2cc(C(C)(C)C)c(OP(OCCCCCCCCCCCCCC)Oc3ccc(CCCCCCCC)cc3)cc2C)cc1C(C)(C)C. The van der Waals surface area contributed by atoms with Gasteiger partial charge in [-0.25, -0.2) is 0 Å². The highest BCUT2D eigenvalue weighted by Crippen LogP contribution is 2.53. The summed E-state index contributed by atoms with van der Waals surface area (Å²) in [7, 11) is -5.52. The molecule has 0 saturated carbocycles. The quantitative estimate of drug-likeness (QED) is 0.0274. The topological polar surface area (TPSA) is 83.1 Å². The number of hydrogen-bond donors (Lipinski definition) is 0. The molecule has 0 aliphatic heterocycles. The lowest BCUT2D eigenvalue weighted by Crippen LogP contribution is -2.19. The van der Waals surface area contributed by atoms with Gasteiger partial charge < -0.3 is 27.1 Å². The fourth-order valence-electron chi connectivity index (χ4n) is 18.7. The van der Waals surface area contributed by atoms with Crippen LogP contribution in [0.1, 0.15) is 543 Å². The number of hydrogen-bond acceptors (Lipinski definition) is 9. The second kappa shape index (κ2) is 70.0. The minimum atomic E-state index is -1.85. The summed E-state index contributed by atoms with van der Waals surface area (Å²) in [6, 6.07) is 40.7. The summed E-state index contributed by atoms with van der Waals surface area (Å²) >= 11 is 0. The molecule has 9 nitrogen and oxygen atoms in total. The van der Waals surface area contributed by atoms with Crippen LogP contribution in [0.2, 0.25) is 0 Å². The largest absolute Gasteiger partial charge is 0.463 e. The molecular weight excluding hydrogens is 1690 g/mol. The Labute approximate surface area is 823 Å². The van der Waals surface area contributed by atoms with Crippen LogP contribution in [0.25, 0.3) is 0 Å². The third-order valence-corrected chi connectivity index (χ3v) is 30.6. The monoisotopic (exact) mass is 1890 g/mol. The van der Waals surface area contributed by atoms with E-state index in [9.17, 15) is 0 Å². The minimum absolute atomic E-state index is 0.0785. The van der Waals surface area contributed by atoms with Gasteiger partial charge in [-0.2, -0.15) is 0 Å². The maximum atomic E-state index is 7.37. The number of unbranched alkanes of at least 4 members (excludes halogenated alkanes) is 48. The number of rotatable bonds is 80. The Morgan fingerprint density at radius 2 is 0.429 bits per heavy atom. The lowest BCUT2D eigenvalue weighted by Gasteiger charge is -2.33. The van der Waals surface area contributed by atoms with Gasteiger partial charge in [-0.15, -0.1) is 0 Å². The van der Waals surface area contributed by atoms with E-state index in [1.165, 1.54) is 347 Å². The van der Waals surface area contributed by atoms with Crippen molar-refractivity contribution in [3.05, 3.63) is 176 Å². The lowest BCUT2D eigenvalue weighted by molar-refractivity contribution is 0.256. The predicted octanol–water partition coefficient (Wildman–Crippen LogP) is 41.7. The molecule has 133 heavy (non-hydrogen) atoms. The molecule has 0 radical (unpaired) electrons. The highest BCUT2D eigenvalue weighted by atomic mass is 31.2. The summed E-state index contributed by atoms with van der Waals surface area (Å²) in [6.45, 7) is 45.9. The Bertz CT molecular complexity index is 3730. The van der Waals surface area contributed by atoms with Gasteiger partial charge >= 0.3 is 25.8 Å². The summed E-state index contributed by atoms with van der Waals surface area (Å²) in [4.78, 5) is 0. The zero-order valence-corrected chi connectivity index (χ0v) is 91.9. The molecule has 0 N–H and O–H groups in total. The fraction of sp³-hybridized carbons (Fsp3) is 0.702. The van der Waals surface area contributed by atoms with Gasteiger partial charge in [-0.05, 0) is 212 Å². The van der Waals surface area contributed by atoms with Gasteiger partial charge in [-0.3, -0.25) is 13.6 Å². The standard InChI is InChI=1S/C121H199O9P3/c1-20-26-32-38-44-47-50-53-56-59-65-71-89-122-131(125-106-83-77-103(78-84-106)74-68-62-41-35-29-23-4)128-116-93-100(8)109(96-113(116)119(11,12)13)99(7)92-112(110-97-114(120(14,15)16)117(94-101(110)9)129-132(123-90-72-66-60-57-54-51-48-45-39-33-27-21-2)126-107-85-79-104(80-86-107)75-69-63-42-36-30-24-5)111-98-115(121(17,18)19)118(95-102(111)10)130-133(124-91-73-67-61-58-55-52-49-46-40-34-28-22-3)127-108-87-81-105(82-88-108)76-70-64-43-37-31-25-6/h77-88,93-99,112H,20-76,89-92H2,1-19H3. The summed E-state index contributed by atoms with van der Waals surface area (Å²) < 4.78 is 63.6. The molecule has 6 rings (SSSR count). The first-order valence-corrected chi connectivity index (χ1v) is 58.8. The molecule has 12 heteroatoms. The maximum Gasteiger partial charge on any atom is 0.463 e. The van der Waals surface area contributed by atoms with E-state index in [1.807, 2.05) is 0 Å². The first-order chi connectivity index (χ1) is 64.4. The van der Waals surface area contributed by atoms with E-state index in [0.29, 0.717) is 19.8 Å². The summed E-state index contributed by atoms with van der Waals surface area (Å²) in [5.74, 6) is 4.78. The number of aryl methyl sites for hydroxylation is 6. The highest BCUT2D eigenvalue weighted by molar-refractivity contribution is 7.43. The van der Waals surface area contributed by atoms with Gasteiger partial charge in [0.05, 0.1) is 19.8 Å². The molecule has 752 valence electrons. The van der Waals surface area contributed by atoms with Crippen LogP contribution >= 0.6 is 25.8 Å². The normalized spacial score (nSPS) is 13.2. The molecule has 0 heterocycles. The highest BCUT2D eigenvalue weighted by Gasteiger charge is 2.35. The van der Waals surface area contributed by atoms with Crippen molar-refractivity contribution < 1.29 is 40.7 Å². The zero-order chi connectivity index (χ0) is 96.0. The van der Waals surface area contributed by atoms with Crippen molar-refractivity contribution in [2.75, 3.05) is 19.8 Å². The van der Waals surface area contributed by atoms with Crippen molar-refractivity contribution >= 4 is 25.8 Å². The van der Waals surface area contributed by atoms with E-state index in [2.05, 4.69) is 241 Å². The Balaban J connectivity index is 1.43. The van der Waals surface area contributed by atoms with Crippen LogP contribution in [-0.2, 0) is 49.1 Å². The van der Waals surface area contributed by atoms with Gasteiger partial charge in [0, 0.05) is 22.6 Å². The maximum absolute atomic E-state index is 7.37. The molecule has 6 aromatic rings. The Morgan fingerprint density at radius 3 is 0.647 bits per heavy atom. The molecule has 4 atom stereocenters. The van der Waals surface area contributed by atoms with Crippen LogP contribution in [-0.4, -0.2) is 19.8 Å². The zero-order valence-electron chi connectivity index (χ0n) is 89.2. The summed E-state index contributed by atoms with van der Waals surface area (Å²) in [5.41, 5.74) is 13.8. The molecule has 0 spiro atoms. The van der Waals surface area contributed by atoms with Crippen molar-refractivity contribution in [3.63, 3.8) is 0 Å². The molecule has 0 aliphatic rings. The molecule has 0 bridgehead atoms. The molecule has 0 aliphatic carbocycles. The minimum Gasteiger partial charge on any atom is -0.418 e. The van der Waals surface area contributed by atoms with Crippen molar-refractivity contribution in [1.29, 1.82) is 0 Å². The van der Waals surface area contributed by atoms with E-state index in [1.54, 1.807) is 0 Å².